The Labute approximate surface area is 133 Å². The summed E-state index contributed by atoms with van der Waals surface area (Å²) in [6.07, 6.45) is 1.17. The van der Waals surface area contributed by atoms with Crippen LogP contribution >= 0.6 is 0 Å². The number of carboxylic acid groups (broad SMARTS) is 1. The molecule has 23 heavy (non-hydrogen) atoms. The van der Waals surface area contributed by atoms with E-state index in [1.165, 1.54) is 23.1 Å². The molecular formula is C15H19N3O5. The first kappa shape index (κ1) is 16.7. The largest absolute Gasteiger partial charge is 0.480 e. The number of nitro groups is 1. The summed E-state index contributed by atoms with van der Waals surface area (Å²) in [7, 11) is 0. The number of likely N-dealkylation sites (tertiary alicyclic amines) is 1. The number of nitrogens with one attached hydrogen (secondary N) is 1. The number of carboxylic acids is 1. The van der Waals surface area contributed by atoms with Gasteiger partial charge in [-0.1, -0.05) is 19.1 Å². The number of nitrogens with zero attached hydrogens (tertiary/aromatic N) is 2. The average Bonchev–Trinajstić information content (AvgIpc) is 2.52. The van der Waals surface area contributed by atoms with E-state index in [1.807, 2.05) is 6.92 Å². The van der Waals surface area contributed by atoms with Crippen LogP contribution in [0.2, 0.25) is 0 Å². The summed E-state index contributed by atoms with van der Waals surface area (Å²) in [5.41, 5.74) is 0.116. The standard InChI is InChI=1S/C15H19N3O5/c1-10-6-7-17(13(8-10)15(20)21)14(19)9-16-11-4-2-3-5-12(11)18(22)23/h2-5,10,13,16H,6-9H2,1H3,(H,20,21). The van der Waals surface area contributed by atoms with Crippen LogP contribution in [0.15, 0.2) is 24.3 Å². The number of hydrogen-bond acceptors (Lipinski definition) is 5. The maximum Gasteiger partial charge on any atom is 0.326 e. The zero-order valence-corrected chi connectivity index (χ0v) is 12.8. The van der Waals surface area contributed by atoms with Gasteiger partial charge in [0.1, 0.15) is 11.7 Å². The molecule has 1 aliphatic heterocycles. The van der Waals surface area contributed by atoms with Gasteiger partial charge in [-0.3, -0.25) is 14.9 Å². The lowest BCUT2D eigenvalue weighted by atomic mass is 9.92. The Balaban J connectivity index is 2.04. The van der Waals surface area contributed by atoms with Gasteiger partial charge in [0, 0.05) is 12.6 Å². The van der Waals surface area contributed by atoms with E-state index in [2.05, 4.69) is 5.32 Å². The fourth-order valence-corrected chi connectivity index (χ4v) is 2.73. The summed E-state index contributed by atoms with van der Waals surface area (Å²) in [6, 6.07) is 5.19. The second-order valence-corrected chi connectivity index (χ2v) is 5.70. The summed E-state index contributed by atoms with van der Waals surface area (Å²) in [5, 5.41) is 22.9. The molecule has 1 fully saturated rings. The number of anilines is 1. The maximum absolute atomic E-state index is 12.3. The fourth-order valence-electron chi connectivity index (χ4n) is 2.73. The van der Waals surface area contributed by atoms with Crippen LogP contribution in [0, 0.1) is 16.0 Å². The highest BCUT2D eigenvalue weighted by Crippen LogP contribution is 2.25. The van der Waals surface area contributed by atoms with Crippen molar-refractivity contribution in [3.8, 4) is 0 Å². The van der Waals surface area contributed by atoms with Crippen molar-refractivity contribution < 1.29 is 19.6 Å². The third kappa shape index (κ3) is 3.97. The van der Waals surface area contributed by atoms with Crippen LogP contribution in [0.5, 0.6) is 0 Å². The molecule has 2 unspecified atom stereocenters. The van der Waals surface area contributed by atoms with Gasteiger partial charge in [-0.2, -0.15) is 0 Å². The molecule has 2 rings (SSSR count). The number of carbonyl (C=O) groups excluding carboxylic acids is 1. The van der Waals surface area contributed by atoms with Crippen LogP contribution in [0.1, 0.15) is 19.8 Å². The molecule has 0 aromatic heterocycles. The van der Waals surface area contributed by atoms with Crippen molar-refractivity contribution in [2.24, 2.45) is 5.92 Å². The molecule has 0 radical (unpaired) electrons. The van der Waals surface area contributed by atoms with E-state index in [9.17, 15) is 24.8 Å². The van der Waals surface area contributed by atoms with Gasteiger partial charge >= 0.3 is 5.97 Å². The number of para-hydroxylation sites is 2. The first-order chi connectivity index (χ1) is 10.9. The minimum absolute atomic E-state index is 0.123. The molecule has 1 aromatic rings. The molecule has 124 valence electrons. The molecule has 1 amide bonds. The lowest BCUT2D eigenvalue weighted by molar-refractivity contribution is -0.383. The average molecular weight is 321 g/mol. The predicted molar refractivity (Wildman–Crippen MR) is 83.1 cm³/mol. The molecule has 1 saturated heterocycles. The quantitative estimate of drug-likeness (QED) is 0.630. The minimum Gasteiger partial charge on any atom is -0.480 e. The van der Waals surface area contributed by atoms with Crippen molar-refractivity contribution in [2.75, 3.05) is 18.4 Å². The summed E-state index contributed by atoms with van der Waals surface area (Å²) < 4.78 is 0. The van der Waals surface area contributed by atoms with Gasteiger partial charge in [0.15, 0.2) is 0 Å². The van der Waals surface area contributed by atoms with E-state index >= 15 is 0 Å². The number of piperidine rings is 1. The topological polar surface area (TPSA) is 113 Å². The number of amides is 1. The van der Waals surface area contributed by atoms with E-state index < -0.39 is 16.9 Å². The van der Waals surface area contributed by atoms with Crippen LogP contribution in [0.3, 0.4) is 0 Å². The molecule has 0 spiro atoms. The van der Waals surface area contributed by atoms with Gasteiger partial charge in [-0.25, -0.2) is 4.79 Å². The molecule has 0 aliphatic carbocycles. The highest BCUT2D eigenvalue weighted by molar-refractivity contribution is 5.87. The summed E-state index contributed by atoms with van der Waals surface area (Å²) in [6.45, 7) is 2.17. The van der Waals surface area contributed by atoms with Gasteiger partial charge in [0.25, 0.3) is 5.69 Å². The lowest BCUT2D eigenvalue weighted by Gasteiger charge is -2.36. The van der Waals surface area contributed by atoms with E-state index in [0.717, 1.165) is 6.42 Å². The summed E-state index contributed by atoms with van der Waals surface area (Å²) in [4.78, 5) is 35.4. The molecule has 0 bridgehead atoms. The number of carbonyl (C=O) groups is 2. The number of hydrogen-bond donors (Lipinski definition) is 2. The number of benzene rings is 1. The Morgan fingerprint density at radius 2 is 2.13 bits per heavy atom. The van der Waals surface area contributed by atoms with Gasteiger partial charge in [-0.05, 0) is 24.8 Å². The van der Waals surface area contributed by atoms with Gasteiger partial charge in [0.2, 0.25) is 5.91 Å². The highest BCUT2D eigenvalue weighted by atomic mass is 16.6. The van der Waals surface area contributed by atoms with Crippen molar-refractivity contribution in [1.82, 2.24) is 4.90 Å². The SMILES string of the molecule is CC1CCN(C(=O)CNc2ccccc2[N+](=O)[O-])C(C(=O)O)C1. The van der Waals surface area contributed by atoms with Gasteiger partial charge < -0.3 is 15.3 Å². The highest BCUT2D eigenvalue weighted by Gasteiger charge is 2.34. The first-order valence-electron chi connectivity index (χ1n) is 7.39. The molecule has 1 aliphatic rings. The number of nitro benzene ring substituents is 1. The van der Waals surface area contributed by atoms with E-state index in [1.54, 1.807) is 6.07 Å². The fraction of sp³-hybridized carbons (Fsp3) is 0.467. The van der Waals surface area contributed by atoms with E-state index in [0.29, 0.717) is 13.0 Å². The third-order valence-corrected chi connectivity index (χ3v) is 4.00. The van der Waals surface area contributed by atoms with Crippen LogP contribution in [-0.2, 0) is 9.59 Å². The van der Waals surface area contributed by atoms with Crippen molar-refractivity contribution in [2.45, 2.75) is 25.8 Å². The molecule has 8 nitrogen and oxygen atoms in total. The molecule has 1 aromatic carbocycles. The van der Waals surface area contributed by atoms with E-state index in [4.69, 9.17) is 0 Å². The Morgan fingerprint density at radius 1 is 1.43 bits per heavy atom. The second-order valence-electron chi connectivity index (χ2n) is 5.70. The van der Waals surface area contributed by atoms with Crippen LogP contribution in [-0.4, -0.2) is 45.9 Å². The number of rotatable bonds is 5. The summed E-state index contributed by atoms with van der Waals surface area (Å²) >= 11 is 0. The van der Waals surface area contributed by atoms with Crippen LogP contribution < -0.4 is 5.32 Å². The normalized spacial score (nSPS) is 20.8. The van der Waals surface area contributed by atoms with Crippen molar-refractivity contribution in [3.05, 3.63) is 34.4 Å². The zero-order valence-electron chi connectivity index (χ0n) is 12.8. The first-order valence-corrected chi connectivity index (χ1v) is 7.39. The molecule has 8 heteroatoms. The molecule has 0 saturated carbocycles. The molecule has 2 N–H and O–H groups in total. The van der Waals surface area contributed by atoms with Gasteiger partial charge in [0.05, 0.1) is 11.5 Å². The smallest absolute Gasteiger partial charge is 0.326 e. The summed E-state index contributed by atoms with van der Waals surface area (Å²) in [5.74, 6) is -1.14. The van der Waals surface area contributed by atoms with Crippen molar-refractivity contribution in [1.29, 1.82) is 0 Å². The predicted octanol–water partition coefficient (Wildman–Crippen LogP) is 1.72. The third-order valence-electron chi connectivity index (χ3n) is 4.00. The minimum atomic E-state index is -1.02. The molecule has 2 atom stereocenters. The Kier molecular flexibility index (Phi) is 5.15. The molecule has 1 heterocycles. The number of aliphatic carboxylic acids is 1. The monoisotopic (exact) mass is 321 g/mol. The van der Waals surface area contributed by atoms with Gasteiger partial charge in [-0.15, -0.1) is 0 Å². The van der Waals surface area contributed by atoms with Crippen LogP contribution in [0.4, 0.5) is 11.4 Å². The van der Waals surface area contributed by atoms with Crippen LogP contribution in [0.25, 0.3) is 0 Å². The van der Waals surface area contributed by atoms with Crippen molar-refractivity contribution >= 4 is 23.3 Å². The second kappa shape index (κ2) is 7.08. The lowest BCUT2D eigenvalue weighted by Crippen LogP contribution is -2.51. The Hall–Kier alpha value is -2.64. The molecular weight excluding hydrogens is 302 g/mol. The Morgan fingerprint density at radius 3 is 2.78 bits per heavy atom. The van der Waals surface area contributed by atoms with Crippen molar-refractivity contribution in [3.63, 3.8) is 0 Å². The Bertz CT molecular complexity index is 619. The maximum atomic E-state index is 12.3. The zero-order chi connectivity index (χ0) is 17.0. The van der Waals surface area contributed by atoms with E-state index in [-0.39, 0.29) is 29.7 Å².